The third-order valence-electron chi connectivity index (χ3n) is 1.67. The van der Waals surface area contributed by atoms with Crippen LogP contribution in [-0.4, -0.2) is 18.6 Å². The molecule has 3 nitrogen and oxygen atoms in total. The van der Waals surface area contributed by atoms with Gasteiger partial charge in [-0.25, -0.2) is 0 Å². The molecule has 0 aliphatic rings. The van der Waals surface area contributed by atoms with Crippen LogP contribution in [-0.2, 0) is 0 Å². The monoisotopic (exact) mass is 208 g/mol. The number of benzene rings is 1. The topological polar surface area (TPSA) is 59.0 Å². The highest BCUT2D eigenvalue weighted by atomic mass is 32.2. The molecule has 1 aromatic rings. The van der Waals surface area contributed by atoms with E-state index in [0.717, 1.165) is 5.75 Å². The molecule has 1 aromatic carbocycles. The first kappa shape index (κ1) is 10.7. The van der Waals surface area contributed by atoms with Gasteiger partial charge in [-0.1, -0.05) is 0 Å². The minimum absolute atomic E-state index is 0.492. The molecule has 0 fully saturated rings. The van der Waals surface area contributed by atoms with Gasteiger partial charge in [0.25, 0.3) is 0 Å². The molecular weight excluding hydrogens is 196 g/mol. The predicted octanol–water partition coefficient (Wildman–Crippen LogP) is 1.88. The van der Waals surface area contributed by atoms with E-state index in [9.17, 15) is 0 Å². The van der Waals surface area contributed by atoms with Crippen LogP contribution in [0.4, 0.5) is 5.69 Å². The second kappa shape index (κ2) is 5.40. The van der Waals surface area contributed by atoms with E-state index in [4.69, 9.17) is 15.7 Å². The standard InChI is InChI=1S/C10H12N2OS/c1-14-5-4-13-10-3-2-9(12)6-8(10)7-11/h2-3,6H,4-5,12H2,1H3. The van der Waals surface area contributed by atoms with Gasteiger partial charge in [0.05, 0.1) is 12.2 Å². The van der Waals surface area contributed by atoms with Gasteiger partial charge in [0.1, 0.15) is 11.8 Å². The van der Waals surface area contributed by atoms with Gasteiger partial charge in [0.2, 0.25) is 0 Å². The van der Waals surface area contributed by atoms with Crippen molar-refractivity contribution in [2.24, 2.45) is 0 Å². The van der Waals surface area contributed by atoms with Crippen LogP contribution in [0, 0.1) is 11.3 Å². The average Bonchev–Trinajstić information content (AvgIpc) is 2.20. The van der Waals surface area contributed by atoms with Crippen molar-refractivity contribution in [3.8, 4) is 11.8 Å². The fraction of sp³-hybridized carbons (Fsp3) is 0.300. The molecule has 2 N–H and O–H groups in total. The van der Waals surface area contributed by atoms with Gasteiger partial charge in [-0.05, 0) is 24.5 Å². The smallest absolute Gasteiger partial charge is 0.137 e. The molecule has 0 saturated carbocycles. The summed E-state index contributed by atoms with van der Waals surface area (Å²) in [5.41, 5.74) is 6.62. The van der Waals surface area contributed by atoms with Gasteiger partial charge < -0.3 is 10.5 Å². The molecule has 0 aromatic heterocycles. The van der Waals surface area contributed by atoms with Crippen molar-refractivity contribution >= 4 is 17.4 Å². The number of nitrogens with zero attached hydrogens (tertiary/aromatic N) is 1. The van der Waals surface area contributed by atoms with Crippen LogP contribution in [0.1, 0.15) is 5.56 Å². The highest BCUT2D eigenvalue weighted by Crippen LogP contribution is 2.20. The largest absolute Gasteiger partial charge is 0.491 e. The lowest BCUT2D eigenvalue weighted by molar-refractivity contribution is 0.343. The first-order chi connectivity index (χ1) is 6.77. The molecular formula is C10H12N2OS. The van der Waals surface area contributed by atoms with Crippen molar-refractivity contribution in [2.45, 2.75) is 0 Å². The van der Waals surface area contributed by atoms with Crippen LogP contribution in [0.3, 0.4) is 0 Å². The maximum absolute atomic E-state index is 8.81. The molecule has 4 heteroatoms. The first-order valence-electron chi connectivity index (χ1n) is 4.19. The van der Waals surface area contributed by atoms with Crippen molar-refractivity contribution in [1.29, 1.82) is 5.26 Å². The third kappa shape index (κ3) is 2.86. The maximum atomic E-state index is 8.81. The van der Waals surface area contributed by atoms with E-state index in [1.165, 1.54) is 0 Å². The van der Waals surface area contributed by atoms with E-state index >= 15 is 0 Å². The van der Waals surface area contributed by atoms with Gasteiger partial charge in [-0.15, -0.1) is 0 Å². The molecule has 1 rings (SSSR count). The van der Waals surface area contributed by atoms with Crippen LogP contribution in [0.15, 0.2) is 18.2 Å². The number of nitriles is 1. The van der Waals surface area contributed by atoms with Gasteiger partial charge >= 0.3 is 0 Å². The summed E-state index contributed by atoms with van der Waals surface area (Å²) in [6.45, 7) is 0.611. The van der Waals surface area contributed by atoms with Crippen LogP contribution in [0.5, 0.6) is 5.75 Å². The van der Waals surface area contributed by atoms with E-state index < -0.39 is 0 Å². The van der Waals surface area contributed by atoms with Crippen LogP contribution in [0.2, 0.25) is 0 Å². The van der Waals surface area contributed by atoms with Crippen molar-refractivity contribution in [2.75, 3.05) is 24.3 Å². The second-order valence-corrected chi connectivity index (χ2v) is 3.69. The Morgan fingerprint density at radius 2 is 2.36 bits per heavy atom. The van der Waals surface area contributed by atoms with Crippen molar-refractivity contribution < 1.29 is 4.74 Å². The summed E-state index contributed by atoms with van der Waals surface area (Å²) in [5, 5.41) is 8.81. The van der Waals surface area contributed by atoms with E-state index in [2.05, 4.69) is 6.07 Å². The van der Waals surface area contributed by atoms with Gasteiger partial charge in [-0.2, -0.15) is 17.0 Å². The normalized spacial score (nSPS) is 9.43. The lowest BCUT2D eigenvalue weighted by Gasteiger charge is -2.06. The predicted molar refractivity (Wildman–Crippen MR) is 59.4 cm³/mol. The van der Waals surface area contributed by atoms with Gasteiger partial charge in [0, 0.05) is 11.4 Å². The Hall–Kier alpha value is -1.34. The molecule has 0 bridgehead atoms. The lowest BCUT2D eigenvalue weighted by atomic mass is 10.2. The summed E-state index contributed by atoms with van der Waals surface area (Å²) in [6.07, 6.45) is 2.01. The molecule has 0 atom stereocenters. The average molecular weight is 208 g/mol. The molecule has 0 amide bonds. The highest BCUT2D eigenvalue weighted by molar-refractivity contribution is 7.98. The van der Waals surface area contributed by atoms with E-state index in [0.29, 0.717) is 23.6 Å². The minimum atomic E-state index is 0.492. The molecule has 0 saturated heterocycles. The molecule has 0 heterocycles. The summed E-state index contributed by atoms with van der Waals surface area (Å²) in [6, 6.07) is 7.13. The number of nitrogen functional groups attached to an aromatic ring is 1. The Kier molecular flexibility index (Phi) is 4.14. The summed E-state index contributed by atoms with van der Waals surface area (Å²) in [5.74, 6) is 1.52. The second-order valence-electron chi connectivity index (χ2n) is 2.71. The van der Waals surface area contributed by atoms with Gasteiger partial charge in [0.15, 0.2) is 0 Å². The van der Waals surface area contributed by atoms with Gasteiger partial charge in [-0.3, -0.25) is 0 Å². The number of hydrogen-bond donors (Lipinski definition) is 1. The summed E-state index contributed by atoms with van der Waals surface area (Å²) < 4.78 is 5.42. The number of anilines is 1. The lowest BCUT2D eigenvalue weighted by Crippen LogP contribution is -2.01. The number of hydrogen-bond acceptors (Lipinski definition) is 4. The van der Waals surface area contributed by atoms with Crippen LogP contribution >= 0.6 is 11.8 Å². The Bertz CT molecular complexity index is 346. The molecule has 0 radical (unpaired) electrons. The zero-order valence-corrected chi connectivity index (χ0v) is 8.80. The quantitative estimate of drug-likeness (QED) is 0.606. The Balaban J connectivity index is 2.72. The minimum Gasteiger partial charge on any atom is -0.491 e. The summed E-state index contributed by atoms with van der Waals surface area (Å²) in [7, 11) is 0. The zero-order valence-electron chi connectivity index (χ0n) is 7.99. The number of thioether (sulfide) groups is 1. The van der Waals surface area contributed by atoms with E-state index in [-0.39, 0.29) is 0 Å². The van der Waals surface area contributed by atoms with E-state index in [1.807, 2.05) is 6.26 Å². The van der Waals surface area contributed by atoms with Crippen molar-refractivity contribution in [3.63, 3.8) is 0 Å². The molecule has 0 aliphatic carbocycles. The fourth-order valence-electron chi connectivity index (χ4n) is 0.996. The number of rotatable bonds is 4. The molecule has 0 unspecified atom stereocenters. The first-order valence-corrected chi connectivity index (χ1v) is 5.58. The Labute approximate surface area is 87.9 Å². The molecule has 0 aliphatic heterocycles. The van der Waals surface area contributed by atoms with E-state index in [1.54, 1.807) is 30.0 Å². The zero-order chi connectivity index (χ0) is 10.4. The molecule has 74 valence electrons. The summed E-state index contributed by atoms with van der Waals surface area (Å²) in [4.78, 5) is 0. The number of nitrogens with two attached hydrogens (primary N) is 1. The fourth-order valence-corrected chi connectivity index (χ4v) is 1.25. The van der Waals surface area contributed by atoms with Crippen molar-refractivity contribution in [3.05, 3.63) is 23.8 Å². The maximum Gasteiger partial charge on any atom is 0.137 e. The van der Waals surface area contributed by atoms with Crippen LogP contribution < -0.4 is 10.5 Å². The highest BCUT2D eigenvalue weighted by Gasteiger charge is 2.02. The SMILES string of the molecule is CSCCOc1ccc(N)cc1C#N. The Morgan fingerprint density at radius 3 is 3.00 bits per heavy atom. The molecule has 0 spiro atoms. The number of ether oxygens (including phenoxy) is 1. The van der Waals surface area contributed by atoms with Crippen molar-refractivity contribution in [1.82, 2.24) is 0 Å². The van der Waals surface area contributed by atoms with Crippen LogP contribution in [0.25, 0.3) is 0 Å². The summed E-state index contributed by atoms with van der Waals surface area (Å²) >= 11 is 1.70. The molecule has 14 heavy (non-hydrogen) atoms. The Morgan fingerprint density at radius 1 is 1.57 bits per heavy atom. The third-order valence-corrected chi connectivity index (χ3v) is 2.24.